The molecule has 6 rings (SSSR count). The monoisotopic (exact) mass is 438 g/mol. The Balaban J connectivity index is 1.20. The summed E-state index contributed by atoms with van der Waals surface area (Å²) in [5.41, 5.74) is 2.35. The standard InChI is InChI=1S/C28H39FN2O/c29-22-9-12-25-24(18-22)28(19-31(25)26-3-1-2-4-27(26)32)13-15-30(16-14-28)23-10-7-20-5-6-21(17-20)8-11-23/h9,12,18,20-21,23,26H,1-8,10-11,13-17,19H2. The van der Waals surface area contributed by atoms with Crippen LogP contribution in [0, 0.1) is 17.7 Å². The molecule has 2 aliphatic heterocycles. The number of hydrogen-bond acceptors (Lipinski definition) is 3. The fraction of sp³-hybridized carbons (Fsp3) is 0.750. The van der Waals surface area contributed by atoms with Crippen LogP contribution < -0.4 is 4.90 Å². The number of anilines is 1. The van der Waals surface area contributed by atoms with E-state index in [1.807, 2.05) is 6.07 Å². The van der Waals surface area contributed by atoms with E-state index >= 15 is 0 Å². The first-order valence-electron chi connectivity index (χ1n) is 13.4. The molecule has 4 fully saturated rings. The zero-order valence-electron chi connectivity index (χ0n) is 19.5. The van der Waals surface area contributed by atoms with Gasteiger partial charge in [-0.15, -0.1) is 0 Å². The van der Waals surface area contributed by atoms with Gasteiger partial charge in [-0.25, -0.2) is 4.39 Å². The summed E-state index contributed by atoms with van der Waals surface area (Å²) < 4.78 is 14.4. The van der Waals surface area contributed by atoms with Crippen molar-refractivity contribution in [2.75, 3.05) is 24.5 Å². The number of likely N-dealkylation sites (tertiary alicyclic amines) is 1. The molecule has 3 aliphatic carbocycles. The van der Waals surface area contributed by atoms with Crippen LogP contribution in [0.3, 0.4) is 0 Å². The summed E-state index contributed by atoms with van der Waals surface area (Å²) in [4.78, 5) is 17.9. The van der Waals surface area contributed by atoms with Crippen molar-refractivity contribution < 1.29 is 9.18 Å². The molecule has 4 heteroatoms. The van der Waals surface area contributed by atoms with Crippen LogP contribution in [0.5, 0.6) is 0 Å². The molecule has 3 nitrogen and oxygen atoms in total. The van der Waals surface area contributed by atoms with E-state index in [1.165, 1.54) is 50.5 Å². The molecule has 0 aromatic heterocycles. The highest BCUT2D eigenvalue weighted by atomic mass is 19.1. The van der Waals surface area contributed by atoms with Crippen LogP contribution in [0.25, 0.3) is 0 Å². The van der Waals surface area contributed by atoms with Gasteiger partial charge in [-0.1, -0.05) is 19.3 Å². The van der Waals surface area contributed by atoms with Crippen LogP contribution in [0.4, 0.5) is 10.1 Å². The van der Waals surface area contributed by atoms with Crippen molar-refractivity contribution in [3.8, 4) is 0 Å². The molecule has 2 bridgehead atoms. The van der Waals surface area contributed by atoms with Gasteiger partial charge in [0.2, 0.25) is 0 Å². The number of Topliss-reactive ketones (excluding diaryl/α,β-unsaturated/α-hetero) is 1. The first-order chi connectivity index (χ1) is 15.6. The fourth-order valence-corrected chi connectivity index (χ4v) is 8.07. The second-order valence-corrected chi connectivity index (χ2v) is 11.7. The van der Waals surface area contributed by atoms with Crippen molar-refractivity contribution >= 4 is 11.5 Å². The Morgan fingerprint density at radius 2 is 1.62 bits per heavy atom. The smallest absolute Gasteiger partial charge is 0.155 e. The summed E-state index contributed by atoms with van der Waals surface area (Å²) in [6.07, 6.45) is 16.1. The number of nitrogens with zero attached hydrogens (tertiary/aromatic N) is 2. The number of rotatable bonds is 2. The lowest BCUT2D eigenvalue weighted by atomic mass is 9.73. The lowest BCUT2D eigenvalue weighted by molar-refractivity contribution is -0.121. The van der Waals surface area contributed by atoms with E-state index in [0.29, 0.717) is 12.2 Å². The third-order valence-corrected chi connectivity index (χ3v) is 9.95. The number of fused-ring (bicyclic) bond motifs is 4. The Morgan fingerprint density at radius 1 is 0.906 bits per heavy atom. The molecule has 174 valence electrons. The number of ketones is 1. The summed E-state index contributed by atoms with van der Waals surface area (Å²) in [5, 5.41) is 0. The summed E-state index contributed by atoms with van der Waals surface area (Å²) in [7, 11) is 0. The van der Waals surface area contributed by atoms with Crippen LogP contribution in [-0.2, 0) is 10.2 Å². The van der Waals surface area contributed by atoms with Crippen LogP contribution in [-0.4, -0.2) is 42.4 Å². The second kappa shape index (κ2) is 8.42. The Kier molecular flexibility index (Phi) is 5.56. The second-order valence-electron chi connectivity index (χ2n) is 11.7. The molecular weight excluding hydrogens is 399 g/mol. The maximum Gasteiger partial charge on any atom is 0.155 e. The first-order valence-corrected chi connectivity index (χ1v) is 13.4. The van der Waals surface area contributed by atoms with Crippen molar-refractivity contribution in [3.05, 3.63) is 29.6 Å². The fourth-order valence-electron chi connectivity index (χ4n) is 8.07. The zero-order valence-corrected chi connectivity index (χ0v) is 19.5. The van der Waals surface area contributed by atoms with Crippen molar-refractivity contribution in [3.63, 3.8) is 0 Å². The van der Waals surface area contributed by atoms with E-state index in [9.17, 15) is 9.18 Å². The number of carbonyl (C=O) groups is 1. The van der Waals surface area contributed by atoms with Crippen molar-refractivity contribution in [2.45, 2.75) is 101 Å². The predicted molar refractivity (Wildman–Crippen MR) is 127 cm³/mol. The number of halogens is 1. The topological polar surface area (TPSA) is 23.6 Å². The molecule has 1 aromatic rings. The quantitative estimate of drug-likeness (QED) is 0.579. The number of benzene rings is 1. The van der Waals surface area contributed by atoms with E-state index in [-0.39, 0.29) is 17.3 Å². The van der Waals surface area contributed by atoms with Crippen LogP contribution in [0.2, 0.25) is 0 Å². The van der Waals surface area contributed by atoms with Gasteiger partial charge >= 0.3 is 0 Å². The summed E-state index contributed by atoms with van der Waals surface area (Å²) in [6, 6.07) is 6.10. The van der Waals surface area contributed by atoms with E-state index in [1.54, 1.807) is 12.1 Å². The van der Waals surface area contributed by atoms with E-state index in [0.717, 1.165) is 75.3 Å². The first kappa shape index (κ1) is 21.1. The maximum absolute atomic E-state index is 14.4. The lowest BCUT2D eigenvalue weighted by Crippen LogP contribution is -2.51. The molecule has 3 saturated carbocycles. The molecule has 3 atom stereocenters. The Labute approximate surface area is 192 Å². The normalized spacial score (nSPS) is 35.0. The highest BCUT2D eigenvalue weighted by molar-refractivity contribution is 5.89. The molecule has 2 heterocycles. The molecule has 1 spiro atoms. The number of piperidine rings is 1. The van der Waals surface area contributed by atoms with Crippen molar-refractivity contribution in [1.82, 2.24) is 4.90 Å². The van der Waals surface area contributed by atoms with Gasteiger partial charge in [-0.2, -0.15) is 0 Å². The third kappa shape index (κ3) is 3.71. The molecule has 32 heavy (non-hydrogen) atoms. The Morgan fingerprint density at radius 3 is 2.34 bits per heavy atom. The van der Waals surface area contributed by atoms with Crippen molar-refractivity contribution in [1.29, 1.82) is 0 Å². The van der Waals surface area contributed by atoms with Gasteiger partial charge in [0, 0.05) is 30.1 Å². The van der Waals surface area contributed by atoms with Crippen molar-refractivity contribution in [2.24, 2.45) is 11.8 Å². The van der Waals surface area contributed by atoms with Gasteiger partial charge in [0.1, 0.15) is 5.82 Å². The van der Waals surface area contributed by atoms with Gasteiger partial charge < -0.3 is 9.80 Å². The average molecular weight is 439 g/mol. The van der Waals surface area contributed by atoms with Gasteiger partial charge in [0.15, 0.2) is 5.78 Å². The highest BCUT2D eigenvalue weighted by Crippen LogP contribution is 2.49. The predicted octanol–water partition coefficient (Wildman–Crippen LogP) is 5.85. The van der Waals surface area contributed by atoms with Gasteiger partial charge in [-0.05, 0) is 106 Å². The Hall–Kier alpha value is -1.42. The lowest BCUT2D eigenvalue weighted by Gasteiger charge is -2.44. The summed E-state index contributed by atoms with van der Waals surface area (Å²) >= 11 is 0. The van der Waals surface area contributed by atoms with Crippen LogP contribution in [0.1, 0.15) is 89.0 Å². The number of hydrogen-bond donors (Lipinski definition) is 0. The molecule has 0 amide bonds. The molecule has 0 N–H and O–H groups in total. The summed E-state index contributed by atoms with van der Waals surface area (Å²) in [5.74, 6) is 2.25. The SMILES string of the molecule is O=C1CCCCC1N1CC2(CCN(C3CCC4CCC(CC3)C4)CC2)c2cc(F)ccc21. The minimum absolute atomic E-state index is 0.00597. The van der Waals surface area contributed by atoms with Gasteiger partial charge in [-0.3, -0.25) is 4.79 Å². The van der Waals surface area contributed by atoms with Crippen LogP contribution in [0.15, 0.2) is 18.2 Å². The minimum Gasteiger partial charge on any atom is -0.360 e. The minimum atomic E-state index is -0.127. The third-order valence-electron chi connectivity index (χ3n) is 9.95. The number of carbonyl (C=O) groups excluding carboxylic acids is 1. The molecule has 1 aromatic carbocycles. The zero-order chi connectivity index (χ0) is 21.7. The summed E-state index contributed by atoms with van der Waals surface area (Å²) in [6.45, 7) is 3.16. The molecule has 0 radical (unpaired) electrons. The molecular formula is C28H39FN2O. The van der Waals surface area contributed by atoms with Gasteiger partial charge in [0.05, 0.1) is 6.04 Å². The van der Waals surface area contributed by atoms with E-state index < -0.39 is 0 Å². The van der Waals surface area contributed by atoms with Crippen LogP contribution >= 0.6 is 0 Å². The molecule has 5 aliphatic rings. The Bertz CT molecular complexity index is 847. The maximum atomic E-state index is 14.4. The average Bonchev–Trinajstić information content (AvgIpc) is 3.39. The largest absolute Gasteiger partial charge is 0.360 e. The molecule has 3 unspecified atom stereocenters. The van der Waals surface area contributed by atoms with E-state index in [2.05, 4.69) is 9.80 Å². The van der Waals surface area contributed by atoms with E-state index in [4.69, 9.17) is 0 Å². The van der Waals surface area contributed by atoms with Gasteiger partial charge in [0.25, 0.3) is 0 Å². The molecule has 1 saturated heterocycles. The highest BCUT2D eigenvalue weighted by Gasteiger charge is 2.48.